The number of carbonyl (C=O) groups excluding carboxylic acids is 4. The third-order valence-electron chi connectivity index (χ3n) is 6.99. The van der Waals surface area contributed by atoms with Gasteiger partial charge in [0.15, 0.2) is 33.0 Å². The molecule has 1 aromatic heterocycles. The summed E-state index contributed by atoms with van der Waals surface area (Å²) in [7, 11) is -4.37. The van der Waals surface area contributed by atoms with Crippen LogP contribution in [0.5, 0.6) is 0 Å². The molecule has 2 aromatic carbocycles. The van der Waals surface area contributed by atoms with Gasteiger partial charge in [0.1, 0.15) is 17.7 Å². The molecule has 2 aliphatic heterocycles. The largest absolute Gasteiger partial charge is 0.462 e. The molecule has 0 N–H and O–H groups in total. The Morgan fingerprint density at radius 2 is 1.72 bits per heavy atom. The van der Waals surface area contributed by atoms with E-state index in [1.807, 2.05) is 0 Å². The van der Waals surface area contributed by atoms with Gasteiger partial charge in [0.05, 0.1) is 19.2 Å². The quantitative estimate of drug-likeness (QED) is 0.214. The second-order valence-electron chi connectivity index (χ2n) is 9.31. The number of ether oxygens (including phenoxy) is 2. The molecule has 0 bridgehead atoms. The molecule has 2 saturated heterocycles. The average molecular weight is 553 g/mol. The number of aldehydes is 1. The van der Waals surface area contributed by atoms with Gasteiger partial charge in [-0.1, -0.05) is 65.9 Å². The molecule has 0 radical (unpaired) electrons. The van der Waals surface area contributed by atoms with Crippen molar-refractivity contribution in [1.82, 2.24) is 19.9 Å². The third kappa shape index (κ3) is 4.38. The van der Waals surface area contributed by atoms with Crippen LogP contribution in [0.15, 0.2) is 66.9 Å². The summed E-state index contributed by atoms with van der Waals surface area (Å²) < 4.78 is 37.0. The minimum absolute atomic E-state index is 0.0199. The maximum atomic E-state index is 13.7. The van der Waals surface area contributed by atoms with Crippen molar-refractivity contribution in [2.45, 2.75) is 42.2 Å². The zero-order valence-corrected chi connectivity index (χ0v) is 21.6. The molecular weight excluding hydrogens is 528 g/mol. The van der Waals surface area contributed by atoms with Crippen LogP contribution >= 0.6 is 0 Å². The highest BCUT2D eigenvalue weighted by Gasteiger charge is 2.74. The summed E-state index contributed by atoms with van der Waals surface area (Å²) >= 11 is 0. The fourth-order valence-corrected chi connectivity index (χ4v) is 7.13. The first-order valence-electron chi connectivity index (χ1n) is 12.1. The predicted molar refractivity (Wildman–Crippen MR) is 134 cm³/mol. The predicted octanol–water partition coefficient (Wildman–Crippen LogP) is 1.08. The van der Waals surface area contributed by atoms with Crippen molar-refractivity contribution in [3.05, 3.63) is 83.7 Å². The SMILES string of the molecule is C[C@]1(C(=O)OCCn2cc(C=O)nn2)[C@H](C(=O)OC(c2ccccc2)c2ccccc2)N2C(=O)CC2S1(=O)=O. The molecule has 1 unspecified atom stereocenters. The lowest BCUT2D eigenvalue weighted by molar-refractivity contribution is -0.168. The van der Waals surface area contributed by atoms with Crippen LogP contribution in [0, 0.1) is 0 Å². The van der Waals surface area contributed by atoms with Gasteiger partial charge >= 0.3 is 11.9 Å². The number of hydrogen-bond donors (Lipinski definition) is 0. The summed E-state index contributed by atoms with van der Waals surface area (Å²) in [6.07, 6.45) is 0.561. The Bertz CT molecular complexity index is 1490. The highest BCUT2D eigenvalue weighted by Crippen LogP contribution is 2.47. The summed E-state index contributed by atoms with van der Waals surface area (Å²) in [5.41, 5.74) is 1.32. The average Bonchev–Trinajstić information content (AvgIpc) is 3.46. The number of carbonyl (C=O) groups is 4. The van der Waals surface area contributed by atoms with E-state index in [0.29, 0.717) is 17.4 Å². The molecule has 0 spiro atoms. The lowest BCUT2D eigenvalue weighted by Crippen LogP contribution is -2.59. The number of nitrogens with zero attached hydrogens (tertiary/aromatic N) is 4. The maximum absolute atomic E-state index is 13.7. The fraction of sp³-hybridized carbons (Fsp3) is 0.308. The minimum Gasteiger partial charge on any atom is -0.462 e. The smallest absolute Gasteiger partial charge is 0.332 e. The van der Waals surface area contributed by atoms with Gasteiger partial charge in [-0.3, -0.25) is 14.4 Å². The van der Waals surface area contributed by atoms with Gasteiger partial charge in [-0.05, 0) is 18.1 Å². The number of amides is 1. The van der Waals surface area contributed by atoms with E-state index in [0.717, 1.165) is 11.8 Å². The Morgan fingerprint density at radius 1 is 1.10 bits per heavy atom. The first-order valence-corrected chi connectivity index (χ1v) is 13.6. The Labute approximate surface area is 223 Å². The molecule has 12 nitrogen and oxygen atoms in total. The maximum Gasteiger partial charge on any atom is 0.332 e. The molecule has 2 fully saturated rings. The molecule has 3 atom stereocenters. The Balaban J connectivity index is 1.43. The van der Waals surface area contributed by atoms with E-state index in [2.05, 4.69) is 10.3 Å². The van der Waals surface area contributed by atoms with E-state index in [4.69, 9.17) is 9.47 Å². The molecule has 0 saturated carbocycles. The molecule has 3 heterocycles. The fourth-order valence-electron chi connectivity index (χ4n) is 4.86. The van der Waals surface area contributed by atoms with Crippen LogP contribution in [-0.4, -0.2) is 75.2 Å². The van der Waals surface area contributed by atoms with Gasteiger partial charge in [0.25, 0.3) is 0 Å². The van der Waals surface area contributed by atoms with Crippen molar-refractivity contribution >= 4 is 34.0 Å². The minimum atomic E-state index is -4.37. The van der Waals surface area contributed by atoms with Gasteiger partial charge in [-0.15, -0.1) is 5.10 Å². The highest BCUT2D eigenvalue weighted by atomic mass is 32.2. The van der Waals surface area contributed by atoms with E-state index in [1.165, 1.54) is 10.9 Å². The molecule has 3 aromatic rings. The monoisotopic (exact) mass is 552 g/mol. The van der Waals surface area contributed by atoms with Crippen LogP contribution in [0.4, 0.5) is 0 Å². The number of fused-ring (bicyclic) bond motifs is 1. The van der Waals surface area contributed by atoms with Crippen molar-refractivity contribution in [2.24, 2.45) is 0 Å². The summed E-state index contributed by atoms with van der Waals surface area (Å²) in [6.45, 7) is 0.749. The Morgan fingerprint density at radius 3 is 2.26 bits per heavy atom. The lowest BCUT2D eigenvalue weighted by atomic mass is 9.95. The number of hydrogen-bond acceptors (Lipinski definition) is 10. The van der Waals surface area contributed by atoms with E-state index in [1.54, 1.807) is 60.7 Å². The summed E-state index contributed by atoms with van der Waals surface area (Å²) in [5.74, 6) is -2.82. The number of aromatic nitrogens is 3. The summed E-state index contributed by atoms with van der Waals surface area (Å²) in [6, 6.07) is 15.9. The lowest BCUT2D eigenvalue weighted by Gasteiger charge is -2.36. The van der Waals surface area contributed by atoms with Crippen molar-refractivity contribution in [3.8, 4) is 0 Å². The first kappa shape index (κ1) is 26.2. The van der Waals surface area contributed by atoms with Crippen LogP contribution in [0.1, 0.15) is 41.1 Å². The first-order chi connectivity index (χ1) is 18.7. The van der Waals surface area contributed by atoms with Crippen molar-refractivity contribution in [1.29, 1.82) is 0 Å². The molecule has 1 amide bonds. The molecule has 5 rings (SSSR count). The van der Waals surface area contributed by atoms with Crippen LogP contribution in [0.25, 0.3) is 0 Å². The van der Waals surface area contributed by atoms with Gasteiger partial charge < -0.3 is 14.4 Å². The van der Waals surface area contributed by atoms with E-state index in [9.17, 15) is 27.6 Å². The Kier molecular flexibility index (Phi) is 6.76. The van der Waals surface area contributed by atoms with Gasteiger partial charge in [-0.2, -0.15) is 0 Å². The third-order valence-corrected chi connectivity index (χ3v) is 9.68. The van der Waals surface area contributed by atoms with Crippen LogP contribution < -0.4 is 0 Å². The number of β-lactam (4-membered cyclic amide) rings is 1. The molecule has 13 heteroatoms. The standard InChI is InChI=1S/C26H24N4O8S/c1-26(25(34)37-13-12-29-15-19(16-31)27-28-29)23(30-20(32)14-21(30)39(26,35)36)24(33)38-22(17-8-4-2-5-9-17)18-10-6-3-7-11-18/h2-11,15-16,21-23H,12-14H2,1H3/t21?,23-,26+/m0/s1. The molecule has 0 aliphatic carbocycles. The van der Waals surface area contributed by atoms with Crippen LogP contribution in [0.3, 0.4) is 0 Å². The van der Waals surface area contributed by atoms with Gasteiger partial charge in [0.2, 0.25) is 5.91 Å². The topological polar surface area (TPSA) is 155 Å². The molecule has 2 aliphatic rings. The normalized spacial score (nSPS) is 23.1. The Hall–Kier alpha value is -4.39. The van der Waals surface area contributed by atoms with Crippen LogP contribution in [-0.2, 0) is 40.2 Å². The van der Waals surface area contributed by atoms with Gasteiger partial charge in [-0.25, -0.2) is 17.9 Å². The number of esters is 2. The zero-order valence-electron chi connectivity index (χ0n) is 20.7. The van der Waals surface area contributed by atoms with Crippen LogP contribution in [0.2, 0.25) is 0 Å². The summed E-state index contributed by atoms with van der Waals surface area (Å²) in [4.78, 5) is 51.3. The second kappa shape index (κ2) is 10.1. The highest BCUT2D eigenvalue weighted by molar-refractivity contribution is 7.94. The van der Waals surface area contributed by atoms with Gasteiger partial charge in [0, 0.05) is 0 Å². The number of rotatable bonds is 9. The zero-order chi connectivity index (χ0) is 27.8. The molecule has 39 heavy (non-hydrogen) atoms. The number of benzene rings is 2. The molecule has 202 valence electrons. The van der Waals surface area contributed by atoms with E-state index < -0.39 is 49.9 Å². The van der Waals surface area contributed by atoms with E-state index >= 15 is 0 Å². The number of sulfone groups is 1. The second-order valence-corrected chi connectivity index (χ2v) is 11.8. The van der Waals surface area contributed by atoms with Crippen molar-refractivity contribution < 1.29 is 37.1 Å². The van der Waals surface area contributed by atoms with Crippen molar-refractivity contribution in [3.63, 3.8) is 0 Å². The summed E-state index contributed by atoms with van der Waals surface area (Å²) in [5, 5.41) is 5.97. The van der Waals surface area contributed by atoms with E-state index in [-0.39, 0.29) is 25.3 Å². The molecular formula is C26H24N4O8S. The van der Waals surface area contributed by atoms with Crippen molar-refractivity contribution in [2.75, 3.05) is 6.61 Å².